The molecule has 0 aliphatic carbocycles. The number of anilines is 4. The van der Waals surface area contributed by atoms with Gasteiger partial charge in [-0.3, -0.25) is 15.1 Å². The first kappa shape index (κ1) is 32.2. The summed E-state index contributed by atoms with van der Waals surface area (Å²) in [6, 6.07) is 13.0. The number of carbonyl (C=O) groups is 1. The van der Waals surface area contributed by atoms with Gasteiger partial charge in [0, 0.05) is 19.2 Å². The number of primary amides is 1. The van der Waals surface area contributed by atoms with Gasteiger partial charge in [0.25, 0.3) is 0 Å². The molecule has 3 heterocycles. The molecule has 12 heteroatoms. The lowest BCUT2D eigenvalue weighted by Crippen LogP contribution is -2.35. The number of benzene rings is 2. The number of amides is 1. The average Bonchev–Trinajstić information content (AvgIpc) is 3.47. The van der Waals surface area contributed by atoms with Crippen LogP contribution in [0.3, 0.4) is 0 Å². The number of aromatic nitrogens is 3. The third kappa shape index (κ3) is 7.39. The normalized spacial score (nSPS) is 14.7. The van der Waals surface area contributed by atoms with Gasteiger partial charge in [0.05, 0.1) is 27.3 Å². The van der Waals surface area contributed by atoms with Crippen LogP contribution in [0.2, 0.25) is 0 Å². The third-order valence-corrected chi connectivity index (χ3v) is 10.4. The number of nitrogens with two attached hydrogens (primary N) is 1. The van der Waals surface area contributed by atoms with E-state index in [1.165, 1.54) is 5.56 Å². The van der Waals surface area contributed by atoms with Gasteiger partial charge in [-0.2, -0.15) is 0 Å². The molecule has 0 atom stereocenters. The predicted octanol–water partition coefficient (Wildman–Crippen LogP) is 5.20. The summed E-state index contributed by atoms with van der Waals surface area (Å²) in [6.45, 7) is 12.0. The van der Waals surface area contributed by atoms with Gasteiger partial charge in [-0.15, -0.1) is 0 Å². The number of likely N-dealkylation sites (tertiary alicyclic amines) is 1. The molecule has 0 unspecified atom stereocenters. The van der Waals surface area contributed by atoms with Crippen LogP contribution < -0.4 is 26.1 Å². The Morgan fingerprint density at radius 1 is 1.11 bits per heavy atom. The number of rotatable bonds is 12. The zero-order chi connectivity index (χ0) is 32.3. The van der Waals surface area contributed by atoms with Crippen molar-refractivity contribution in [2.45, 2.75) is 76.0 Å². The van der Waals surface area contributed by atoms with Crippen LogP contribution in [0.4, 0.5) is 23.1 Å². The van der Waals surface area contributed by atoms with Crippen LogP contribution in [0.15, 0.2) is 53.6 Å². The van der Waals surface area contributed by atoms with Crippen LogP contribution in [0.5, 0.6) is 5.75 Å². The topological polar surface area (TPSA) is 157 Å². The summed E-state index contributed by atoms with van der Waals surface area (Å²) in [7, 11) is -3.53. The predicted molar refractivity (Wildman–Crippen MR) is 177 cm³/mol. The first-order valence-electron chi connectivity index (χ1n) is 15.5. The average molecular weight is 635 g/mol. The number of aryl methyl sites for hydroxylation is 1. The number of para-hydroxylation sites is 1. The van der Waals surface area contributed by atoms with Crippen LogP contribution in [0.25, 0.3) is 11.0 Å². The third-order valence-electron chi connectivity index (χ3n) is 8.22. The molecule has 1 aliphatic rings. The number of nitrogens with one attached hydrogen (secondary N) is 4. The van der Waals surface area contributed by atoms with Gasteiger partial charge in [0.1, 0.15) is 5.69 Å². The molecule has 240 valence electrons. The van der Waals surface area contributed by atoms with E-state index in [0.717, 1.165) is 54.0 Å². The van der Waals surface area contributed by atoms with Crippen molar-refractivity contribution in [2.24, 2.45) is 5.73 Å². The molecule has 2 aromatic heterocycles. The zero-order valence-corrected chi connectivity index (χ0v) is 27.4. The Labute approximate surface area is 264 Å². The second-order valence-electron chi connectivity index (χ2n) is 12.2. The van der Waals surface area contributed by atoms with Crippen molar-refractivity contribution in [1.29, 1.82) is 0 Å². The molecule has 2 aromatic carbocycles. The van der Waals surface area contributed by atoms with Crippen LogP contribution in [0, 0.1) is 6.92 Å². The summed E-state index contributed by atoms with van der Waals surface area (Å²) in [6.07, 6.45) is 4.14. The summed E-state index contributed by atoms with van der Waals surface area (Å²) in [5, 5.41) is 6.93. The number of nitrogens with zero attached hydrogens (tertiary/aromatic N) is 2. The fourth-order valence-electron chi connectivity index (χ4n) is 5.80. The van der Waals surface area contributed by atoms with Crippen molar-refractivity contribution in [3.63, 3.8) is 0 Å². The number of fused-ring (bicyclic) bond motifs is 1. The van der Waals surface area contributed by atoms with Crippen LogP contribution in [-0.4, -0.2) is 60.2 Å². The summed E-state index contributed by atoms with van der Waals surface area (Å²) in [4.78, 5) is 25.1. The van der Waals surface area contributed by atoms with E-state index in [1.54, 1.807) is 44.3 Å². The molecule has 1 amide bonds. The lowest BCUT2D eigenvalue weighted by Gasteiger charge is -2.33. The van der Waals surface area contributed by atoms with Gasteiger partial charge >= 0.3 is 5.95 Å². The van der Waals surface area contributed by atoms with Gasteiger partial charge in [0.15, 0.2) is 15.6 Å². The van der Waals surface area contributed by atoms with E-state index in [2.05, 4.69) is 44.6 Å². The highest BCUT2D eigenvalue weighted by atomic mass is 32.2. The van der Waals surface area contributed by atoms with E-state index >= 15 is 0 Å². The smallest absolute Gasteiger partial charge is 0.351 e. The quantitative estimate of drug-likeness (QED) is 0.166. The highest BCUT2D eigenvalue weighted by Gasteiger charge is 2.26. The van der Waals surface area contributed by atoms with Crippen molar-refractivity contribution < 1.29 is 22.9 Å². The maximum Gasteiger partial charge on any atom is 0.351 e. The maximum absolute atomic E-state index is 13.1. The van der Waals surface area contributed by atoms with E-state index in [0.29, 0.717) is 36.3 Å². The van der Waals surface area contributed by atoms with Crippen molar-refractivity contribution in [1.82, 2.24) is 14.9 Å². The molecular weight excluding hydrogens is 590 g/mol. The lowest BCUT2D eigenvalue weighted by molar-refractivity contribution is -0.333. The molecule has 0 radical (unpaired) electrons. The number of hydrogen-bond donors (Lipinski definition) is 4. The first-order valence-corrected chi connectivity index (χ1v) is 17.1. The van der Waals surface area contributed by atoms with Crippen LogP contribution in [0.1, 0.15) is 64.0 Å². The standard InChI is InChI=1S/C33H43N7O4S/c1-20(2)44-28-19-25(23-11-15-40(16-12-23)17-13-30(34)41)22(5)18-27(28)37-33-38-31-24(10-14-35-31)32(39-33)36-26-8-6-7-9-29(26)45(42,43)21(3)4/h6-10,14,18-21,23H,11-13,15-17H2,1-5H3,(H2,34,41)(H3,35,36,37,38,39)/p+1. The largest absolute Gasteiger partial charge is 0.488 e. The van der Waals surface area contributed by atoms with Gasteiger partial charge in [-0.05, 0) is 108 Å². The molecule has 0 bridgehead atoms. The lowest BCUT2D eigenvalue weighted by atomic mass is 9.86. The minimum Gasteiger partial charge on any atom is -0.488 e. The van der Waals surface area contributed by atoms with E-state index in [9.17, 15) is 13.2 Å². The zero-order valence-electron chi connectivity index (χ0n) is 26.6. The Kier molecular flexibility index (Phi) is 9.64. The van der Waals surface area contributed by atoms with Crippen molar-refractivity contribution >= 4 is 49.9 Å². The van der Waals surface area contributed by atoms with Crippen molar-refractivity contribution in [3.8, 4) is 5.75 Å². The fraction of sp³-hybridized carbons (Fsp3) is 0.424. The molecule has 1 saturated heterocycles. The van der Waals surface area contributed by atoms with Gasteiger partial charge in [-0.25, -0.2) is 13.4 Å². The Balaban J connectivity index is 1.44. The highest BCUT2D eigenvalue weighted by Crippen LogP contribution is 2.38. The monoisotopic (exact) mass is 634 g/mol. The Morgan fingerprint density at radius 3 is 2.53 bits per heavy atom. The SMILES string of the molecule is Cc1cc(Nc2nc(Nc3ccccc3S(=O)(=O)C(C)C)c3cc[nH]c3[nH+]2)c(OC(C)C)cc1C1CCN(CCC(N)=O)CC1. The number of carbonyl (C=O) groups excluding carboxylic acids is 1. The van der Waals surface area contributed by atoms with Crippen molar-refractivity contribution in [2.75, 3.05) is 30.3 Å². The van der Waals surface area contributed by atoms with Crippen molar-refractivity contribution in [3.05, 3.63) is 59.8 Å². The number of ether oxygens (including phenoxy) is 1. The van der Waals surface area contributed by atoms with Crippen LogP contribution in [-0.2, 0) is 14.6 Å². The second-order valence-corrected chi connectivity index (χ2v) is 14.7. The van der Waals surface area contributed by atoms with E-state index in [1.807, 2.05) is 19.9 Å². The Bertz CT molecular complexity index is 1780. The summed E-state index contributed by atoms with van der Waals surface area (Å²) >= 11 is 0. The summed E-state index contributed by atoms with van der Waals surface area (Å²) in [5.74, 6) is 1.81. The van der Waals surface area contributed by atoms with Gasteiger partial charge in [0.2, 0.25) is 17.4 Å². The molecule has 45 heavy (non-hydrogen) atoms. The molecule has 1 fully saturated rings. The molecule has 6 N–H and O–H groups in total. The first-order chi connectivity index (χ1) is 21.4. The molecule has 0 saturated carbocycles. The minimum absolute atomic E-state index is 0.0452. The molecule has 0 spiro atoms. The molecule has 1 aliphatic heterocycles. The number of aromatic amines is 2. The van der Waals surface area contributed by atoms with E-state index in [4.69, 9.17) is 15.5 Å². The molecular formula is C33H44N7O4S+. The number of H-pyrrole nitrogens is 2. The number of hydrogen-bond acceptors (Lipinski definition) is 8. The van der Waals surface area contributed by atoms with E-state index < -0.39 is 15.1 Å². The number of sulfone groups is 1. The fourth-order valence-corrected chi connectivity index (χ4v) is 7.00. The van der Waals surface area contributed by atoms with E-state index in [-0.39, 0.29) is 16.9 Å². The number of piperidine rings is 1. The second kappa shape index (κ2) is 13.5. The molecule has 11 nitrogen and oxygen atoms in total. The summed E-state index contributed by atoms with van der Waals surface area (Å²) in [5.41, 5.74) is 9.71. The Morgan fingerprint density at radius 2 is 1.84 bits per heavy atom. The van der Waals surface area contributed by atoms with Gasteiger partial charge in [-0.1, -0.05) is 17.1 Å². The van der Waals surface area contributed by atoms with Gasteiger partial charge < -0.3 is 20.7 Å². The maximum atomic E-state index is 13.1. The highest BCUT2D eigenvalue weighted by molar-refractivity contribution is 7.92. The summed E-state index contributed by atoms with van der Waals surface area (Å²) < 4.78 is 32.5. The molecule has 5 rings (SSSR count). The Hall–Kier alpha value is -4.16. The minimum atomic E-state index is -3.53. The van der Waals surface area contributed by atoms with Crippen LogP contribution >= 0.6 is 0 Å². The molecule has 4 aromatic rings.